The van der Waals surface area contributed by atoms with Gasteiger partial charge in [0.1, 0.15) is 0 Å². The van der Waals surface area contributed by atoms with Crippen LogP contribution in [0.2, 0.25) is 0 Å². The van der Waals surface area contributed by atoms with Gasteiger partial charge in [-0.1, -0.05) is 6.07 Å². The summed E-state index contributed by atoms with van der Waals surface area (Å²) in [5, 5.41) is 5.62. The minimum absolute atomic E-state index is 0. The Kier molecular flexibility index (Phi) is 10.0. The lowest BCUT2D eigenvalue weighted by Crippen LogP contribution is -2.47. The molecule has 2 aliphatic heterocycles. The molecule has 6 nitrogen and oxygen atoms in total. The highest BCUT2D eigenvalue weighted by atomic mass is 127. The average molecular weight is 519 g/mol. The van der Waals surface area contributed by atoms with Gasteiger partial charge in [0, 0.05) is 30.9 Å². The zero-order valence-corrected chi connectivity index (χ0v) is 20.0. The molecule has 3 rings (SSSR count). The van der Waals surface area contributed by atoms with Gasteiger partial charge in [-0.15, -0.1) is 35.3 Å². The summed E-state index contributed by atoms with van der Waals surface area (Å²) < 4.78 is 0. The second-order valence-electron chi connectivity index (χ2n) is 7.59. The maximum Gasteiger partial charge on any atom is 0.217 e. The largest absolute Gasteiger partial charge is 0.370 e. The fourth-order valence-electron chi connectivity index (χ4n) is 4.23. The fraction of sp³-hybridized carbons (Fsp3) is 0.700. The number of likely N-dealkylation sites (tertiary alicyclic amines) is 2. The Morgan fingerprint density at radius 2 is 2.14 bits per heavy atom. The number of amides is 1. The summed E-state index contributed by atoms with van der Waals surface area (Å²) in [6, 6.07) is 4.74. The van der Waals surface area contributed by atoms with Gasteiger partial charge >= 0.3 is 0 Å². The minimum Gasteiger partial charge on any atom is -0.370 e. The number of primary amides is 1. The van der Waals surface area contributed by atoms with Crippen molar-refractivity contribution in [3.8, 4) is 0 Å². The lowest BCUT2D eigenvalue weighted by atomic mass is 9.95. The third-order valence-electron chi connectivity index (χ3n) is 5.51. The van der Waals surface area contributed by atoms with Crippen molar-refractivity contribution < 1.29 is 4.79 Å². The lowest BCUT2D eigenvalue weighted by Gasteiger charge is -2.35. The van der Waals surface area contributed by atoms with Crippen molar-refractivity contribution in [1.82, 2.24) is 15.1 Å². The number of halogens is 1. The van der Waals surface area contributed by atoms with E-state index in [0.29, 0.717) is 18.4 Å². The van der Waals surface area contributed by atoms with Crippen LogP contribution in [0.4, 0.5) is 0 Å². The molecule has 2 saturated heterocycles. The molecule has 8 heteroatoms. The Balaban J connectivity index is 0.00000280. The van der Waals surface area contributed by atoms with Crippen LogP contribution in [-0.4, -0.2) is 60.9 Å². The summed E-state index contributed by atoms with van der Waals surface area (Å²) in [4.78, 5) is 22.6. The second kappa shape index (κ2) is 12.0. The molecular formula is C20H34IN5OS. The van der Waals surface area contributed by atoms with E-state index in [1.54, 1.807) is 0 Å². The predicted molar refractivity (Wildman–Crippen MR) is 127 cm³/mol. The highest BCUT2D eigenvalue weighted by molar-refractivity contribution is 14.0. The Bertz CT molecular complexity index is 618. The van der Waals surface area contributed by atoms with Crippen molar-refractivity contribution in [1.29, 1.82) is 0 Å². The molecule has 0 bridgehead atoms. The first-order valence-electron chi connectivity index (χ1n) is 10.3. The molecule has 0 saturated carbocycles. The normalized spacial score (nSPS) is 22.0. The standard InChI is InChI=1S/C20H33N5OS.HI/c1-2-22-20(25-11-5-7-16(15-25)13-19(21)26)23-14-17(18-8-6-12-27-18)24-9-3-4-10-24;/h6,8,12,16-17H,2-5,7,9-11,13-15H2,1H3,(H2,21,26)(H,22,23);1H. The van der Waals surface area contributed by atoms with Crippen molar-refractivity contribution in [2.75, 3.05) is 39.3 Å². The highest BCUT2D eigenvalue weighted by Gasteiger charge is 2.26. The number of hydrogen-bond acceptors (Lipinski definition) is 4. The smallest absolute Gasteiger partial charge is 0.217 e. The molecule has 1 amide bonds. The molecular weight excluding hydrogens is 485 g/mol. The monoisotopic (exact) mass is 519 g/mol. The molecule has 0 aliphatic carbocycles. The molecule has 1 aromatic rings. The maximum atomic E-state index is 11.3. The Labute approximate surface area is 190 Å². The molecule has 2 fully saturated rings. The van der Waals surface area contributed by atoms with Crippen LogP contribution in [0.15, 0.2) is 22.5 Å². The molecule has 0 radical (unpaired) electrons. The number of nitrogens with zero attached hydrogens (tertiary/aromatic N) is 3. The number of guanidine groups is 1. The first kappa shape index (κ1) is 23.4. The Morgan fingerprint density at radius 1 is 1.36 bits per heavy atom. The zero-order valence-electron chi connectivity index (χ0n) is 16.8. The number of thiophene rings is 1. The minimum atomic E-state index is -0.199. The van der Waals surface area contributed by atoms with Crippen LogP contribution in [0.5, 0.6) is 0 Å². The fourth-order valence-corrected chi connectivity index (χ4v) is 5.08. The third kappa shape index (κ3) is 6.59. The number of aliphatic imine (C=N–C) groups is 1. The van der Waals surface area contributed by atoms with E-state index < -0.39 is 0 Å². The molecule has 0 aromatic carbocycles. The van der Waals surface area contributed by atoms with Crippen molar-refractivity contribution >= 4 is 47.2 Å². The van der Waals surface area contributed by atoms with E-state index in [4.69, 9.17) is 10.7 Å². The van der Waals surface area contributed by atoms with Gasteiger partial charge in [0.15, 0.2) is 5.96 Å². The van der Waals surface area contributed by atoms with E-state index in [-0.39, 0.29) is 29.9 Å². The molecule has 1 aromatic heterocycles. The van der Waals surface area contributed by atoms with E-state index in [1.807, 2.05) is 11.3 Å². The van der Waals surface area contributed by atoms with Crippen LogP contribution in [0, 0.1) is 5.92 Å². The number of piperidine rings is 1. The summed E-state index contributed by atoms with van der Waals surface area (Å²) in [6.45, 7) is 7.93. The summed E-state index contributed by atoms with van der Waals surface area (Å²) in [7, 11) is 0. The van der Waals surface area contributed by atoms with Gasteiger partial charge in [-0.05, 0) is 63.1 Å². The van der Waals surface area contributed by atoms with Gasteiger partial charge in [0.2, 0.25) is 5.91 Å². The van der Waals surface area contributed by atoms with Crippen LogP contribution < -0.4 is 11.1 Å². The molecule has 2 unspecified atom stereocenters. The van der Waals surface area contributed by atoms with Crippen LogP contribution in [0.25, 0.3) is 0 Å². The highest BCUT2D eigenvalue weighted by Crippen LogP contribution is 2.29. The molecule has 28 heavy (non-hydrogen) atoms. The van der Waals surface area contributed by atoms with Crippen LogP contribution >= 0.6 is 35.3 Å². The molecule has 2 atom stereocenters. The third-order valence-corrected chi connectivity index (χ3v) is 6.48. The summed E-state index contributed by atoms with van der Waals surface area (Å²) in [6.07, 6.45) is 5.20. The summed E-state index contributed by atoms with van der Waals surface area (Å²) in [5.74, 6) is 1.12. The molecule has 2 aliphatic rings. The number of nitrogens with one attached hydrogen (secondary N) is 1. The first-order chi connectivity index (χ1) is 13.2. The number of carbonyl (C=O) groups excluding carboxylic acids is 1. The topological polar surface area (TPSA) is 74.0 Å². The van der Waals surface area contributed by atoms with Crippen molar-refractivity contribution in [3.05, 3.63) is 22.4 Å². The second-order valence-corrected chi connectivity index (χ2v) is 8.57. The number of nitrogens with two attached hydrogens (primary N) is 1. The van der Waals surface area contributed by atoms with E-state index in [1.165, 1.54) is 30.8 Å². The van der Waals surface area contributed by atoms with Crippen LogP contribution in [0.3, 0.4) is 0 Å². The van der Waals surface area contributed by atoms with Gasteiger partial charge in [-0.2, -0.15) is 0 Å². The molecule has 3 heterocycles. The van der Waals surface area contributed by atoms with E-state index in [2.05, 4.69) is 39.6 Å². The summed E-state index contributed by atoms with van der Waals surface area (Å²) >= 11 is 1.83. The number of rotatable bonds is 7. The van der Waals surface area contributed by atoms with E-state index in [9.17, 15) is 4.79 Å². The SMILES string of the molecule is CCNC(=NCC(c1cccs1)N1CCCC1)N1CCCC(CC(N)=O)C1.I. The average Bonchev–Trinajstić information content (AvgIpc) is 3.35. The van der Waals surface area contributed by atoms with E-state index in [0.717, 1.165) is 45.0 Å². The van der Waals surface area contributed by atoms with Gasteiger partial charge in [0.05, 0.1) is 12.6 Å². The van der Waals surface area contributed by atoms with Crippen molar-refractivity contribution in [3.63, 3.8) is 0 Å². The lowest BCUT2D eigenvalue weighted by molar-refractivity contribution is -0.119. The molecule has 0 spiro atoms. The number of hydrogen-bond donors (Lipinski definition) is 2. The quantitative estimate of drug-likeness (QED) is 0.330. The van der Waals surface area contributed by atoms with Gasteiger partial charge in [-0.3, -0.25) is 14.7 Å². The van der Waals surface area contributed by atoms with Crippen LogP contribution in [0.1, 0.15) is 49.9 Å². The number of carbonyl (C=O) groups is 1. The summed E-state index contributed by atoms with van der Waals surface area (Å²) in [5.41, 5.74) is 5.42. The van der Waals surface area contributed by atoms with Gasteiger partial charge in [0.25, 0.3) is 0 Å². The van der Waals surface area contributed by atoms with Crippen molar-refractivity contribution in [2.45, 2.75) is 45.1 Å². The molecule has 3 N–H and O–H groups in total. The zero-order chi connectivity index (χ0) is 19.1. The maximum absolute atomic E-state index is 11.3. The van der Waals surface area contributed by atoms with Crippen molar-refractivity contribution in [2.24, 2.45) is 16.6 Å². The Hall–Kier alpha value is -0.870. The van der Waals surface area contributed by atoms with Crippen LogP contribution in [-0.2, 0) is 4.79 Å². The van der Waals surface area contributed by atoms with Gasteiger partial charge in [-0.25, -0.2) is 0 Å². The van der Waals surface area contributed by atoms with Gasteiger partial charge < -0.3 is 16.0 Å². The van der Waals surface area contributed by atoms with E-state index >= 15 is 0 Å². The first-order valence-corrected chi connectivity index (χ1v) is 11.1. The predicted octanol–water partition coefficient (Wildman–Crippen LogP) is 3.06. The molecule has 158 valence electrons. The Morgan fingerprint density at radius 3 is 2.79 bits per heavy atom.